The Hall–Kier alpha value is -2.62. The fraction of sp³-hybridized carbons (Fsp3) is 0.273. The van der Waals surface area contributed by atoms with Gasteiger partial charge in [-0.3, -0.25) is 14.9 Å². The highest BCUT2D eigenvalue weighted by molar-refractivity contribution is 5.76. The Morgan fingerprint density at radius 2 is 2.33 bits per heavy atom. The first kappa shape index (κ1) is 13.4. The SMILES string of the molecule is CCOC(=O)CNc1cc([N+](=O)[O-])ccc1C#N. The average molecular weight is 249 g/mol. The molecule has 0 heterocycles. The number of anilines is 1. The number of carbonyl (C=O) groups is 1. The maximum Gasteiger partial charge on any atom is 0.325 e. The molecule has 0 aromatic heterocycles. The Labute approximate surface area is 103 Å². The van der Waals surface area contributed by atoms with Crippen molar-refractivity contribution in [1.29, 1.82) is 5.26 Å². The van der Waals surface area contributed by atoms with Crippen molar-refractivity contribution in [1.82, 2.24) is 0 Å². The second kappa shape index (κ2) is 6.20. The summed E-state index contributed by atoms with van der Waals surface area (Å²) in [6, 6.07) is 5.64. The Morgan fingerprint density at radius 3 is 2.89 bits per heavy atom. The number of esters is 1. The average Bonchev–Trinajstić information content (AvgIpc) is 2.36. The maximum atomic E-state index is 11.1. The molecule has 0 unspecified atom stereocenters. The van der Waals surface area contributed by atoms with Gasteiger partial charge in [0.15, 0.2) is 0 Å². The van der Waals surface area contributed by atoms with E-state index in [2.05, 4.69) is 5.32 Å². The van der Waals surface area contributed by atoms with E-state index in [1.54, 1.807) is 6.92 Å². The normalized spacial score (nSPS) is 9.33. The molecule has 7 nitrogen and oxygen atoms in total. The molecule has 7 heteroatoms. The molecule has 0 bridgehead atoms. The number of ether oxygens (including phenoxy) is 1. The minimum Gasteiger partial charge on any atom is -0.465 e. The summed E-state index contributed by atoms with van der Waals surface area (Å²) in [4.78, 5) is 21.2. The summed E-state index contributed by atoms with van der Waals surface area (Å²) in [5, 5.41) is 22.1. The Morgan fingerprint density at radius 1 is 1.61 bits per heavy atom. The van der Waals surface area contributed by atoms with Gasteiger partial charge in [0.2, 0.25) is 0 Å². The quantitative estimate of drug-likeness (QED) is 0.481. The molecule has 1 rings (SSSR count). The van der Waals surface area contributed by atoms with Crippen LogP contribution in [0.25, 0.3) is 0 Å². The lowest BCUT2D eigenvalue weighted by molar-refractivity contribution is -0.384. The monoisotopic (exact) mass is 249 g/mol. The van der Waals surface area contributed by atoms with Gasteiger partial charge in [-0.25, -0.2) is 0 Å². The van der Waals surface area contributed by atoms with Crippen LogP contribution in [-0.4, -0.2) is 24.0 Å². The number of nitro groups is 1. The zero-order chi connectivity index (χ0) is 13.5. The minimum atomic E-state index is -0.573. The number of non-ortho nitro benzene ring substituents is 1. The lowest BCUT2D eigenvalue weighted by Gasteiger charge is -2.07. The summed E-state index contributed by atoms with van der Waals surface area (Å²) in [5.41, 5.74) is 0.310. The molecule has 1 aromatic carbocycles. The molecule has 0 amide bonds. The summed E-state index contributed by atoms with van der Waals surface area (Å²) in [6.07, 6.45) is 0. The van der Waals surface area contributed by atoms with Crippen LogP contribution < -0.4 is 5.32 Å². The molecule has 0 aliphatic heterocycles. The maximum absolute atomic E-state index is 11.1. The van der Waals surface area contributed by atoms with Gasteiger partial charge in [-0.1, -0.05) is 0 Å². The molecular formula is C11H11N3O4. The number of nitrogens with zero attached hydrogens (tertiary/aromatic N) is 2. The second-order valence-corrected chi connectivity index (χ2v) is 3.26. The first-order chi connectivity index (χ1) is 8.58. The molecule has 0 atom stereocenters. The van der Waals surface area contributed by atoms with Crippen molar-refractivity contribution < 1.29 is 14.5 Å². The Bertz CT molecular complexity index is 508. The van der Waals surface area contributed by atoms with Crippen LogP contribution in [0.5, 0.6) is 0 Å². The highest BCUT2D eigenvalue weighted by Gasteiger charge is 2.11. The van der Waals surface area contributed by atoms with Gasteiger partial charge >= 0.3 is 5.97 Å². The summed E-state index contributed by atoms with van der Waals surface area (Å²) in [6.45, 7) is 1.77. The number of hydrogen-bond acceptors (Lipinski definition) is 6. The summed E-state index contributed by atoms with van der Waals surface area (Å²) in [5.74, 6) is -0.493. The third-order valence-electron chi connectivity index (χ3n) is 2.06. The second-order valence-electron chi connectivity index (χ2n) is 3.26. The fourth-order valence-corrected chi connectivity index (χ4v) is 1.27. The van der Waals surface area contributed by atoms with Crippen molar-refractivity contribution in [2.24, 2.45) is 0 Å². The molecular weight excluding hydrogens is 238 g/mol. The number of nitrogens with one attached hydrogen (secondary N) is 1. The van der Waals surface area contributed by atoms with Crippen LogP contribution in [0, 0.1) is 21.4 Å². The predicted octanol–water partition coefficient (Wildman–Crippen LogP) is 1.44. The molecule has 0 aliphatic rings. The number of benzene rings is 1. The molecule has 94 valence electrons. The third-order valence-corrected chi connectivity index (χ3v) is 2.06. The van der Waals surface area contributed by atoms with E-state index in [1.165, 1.54) is 18.2 Å². The third kappa shape index (κ3) is 3.45. The van der Waals surface area contributed by atoms with E-state index in [-0.39, 0.29) is 30.1 Å². The molecule has 1 aromatic rings. The van der Waals surface area contributed by atoms with Crippen molar-refractivity contribution >= 4 is 17.3 Å². The zero-order valence-corrected chi connectivity index (χ0v) is 9.67. The van der Waals surface area contributed by atoms with Gasteiger partial charge in [0, 0.05) is 12.1 Å². The van der Waals surface area contributed by atoms with Crippen LogP contribution in [0.4, 0.5) is 11.4 Å². The van der Waals surface area contributed by atoms with E-state index in [1.807, 2.05) is 6.07 Å². The van der Waals surface area contributed by atoms with E-state index in [0.717, 1.165) is 0 Å². The van der Waals surface area contributed by atoms with E-state index in [9.17, 15) is 14.9 Å². The van der Waals surface area contributed by atoms with Crippen LogP contribution >= 0.6 is 0 Å². The van der Waals surface area contributed by atoms with Gasteiger partial charge in [0.1, 0.15) is 12.6 Å². The Balaban J connectivity index is 2.86. The minimum absolute atomic E-state index is 0.149. The summed E-state index contributed by atoms with van der Waals surface area (Å²) in [7, 11) is 0. The predicted molar refractivity (Wildman–Crippen MR) is 62.9 cm³/mol. The van der Waals surface area contributed by atoms with Crippen molar-refractivity contribution in [3.8, 4) is 6.07 Å². The molecule has 0 spiro atoms. The van der Waals surface area contributed by atoms with Gasteiger partial charge in [0.05, 0.1) is 22.8 Å². The topological polar surface area (TPSA) is 105 Å². The van der Waals surface area contributed by atoms with Crippen molar-refractivity contribution in [2.45, 2.75) is 6.92 Å². The van der Waals surface area contributed by atoms with Crippen molar-refractivity contribution in [3.63, 3.8) is 0 Å². The largest absolute Gasteiger partial charge is 0.465 e. The van der Waals surface area contributed by atoms with Crippen LogP contribution in [0.2, 0.25) is 0 Å². The summed E-state index contributed by atoms with van der Waals surface area (Å²) >= 11 is 0. The van der Waals surface area contributed by atoms with Gasteiger partial charge < -0.3 is 10.1 Å². The van der Waals surface area contributed by atoms with Gasteiger partial charge in [-0.05, 0) is 13.0 Å². The highest BCUT2D eigenvalue weighted by atomic mass is 16.6. The van der Waals surface area contributed by atoms with E-state index in [0.29, 0.717) is 0 Å². The zero-order valence-electron chi connectivity index (χ0n) is 9.67. The van der Waals surface area contributed by atoms with E-state index in [4.69, 9.17) is 10.00 Å². The van der Waals surface area contributed by atoms with Gasteiger partial charge in [-0.15, -0.1) is 0 Å². The molecule has 18 heavy (non-hydrogen) atoms. The van der Waals surface area contributed by atoms with Crippen LogP contribution in [0.3, 0.4) is 0 Å². The number of nitro benzene ring substituents is 1. The standard InChI is InChI=1S/C11H11N3O4/c1-2-18-11(15)7-13-10-5-9(14(16)17)4-3-8(10)6-12/h3-5,13H,2,7H2,1H3. The van der Waals surface area contributed by atoms with Gasteiger partial charge in [0.25, 0.3) is 5.69 Å². The Kier molecular flexibility index (Phi) is 4.63. The van der Waals surface area contributed by atoms with E-state index >= 15 is 0 Å². The van der Waals surface area contributed by atoms with Crippen LogP contribution in [0.1, 0.15) is 12.5 Å². The lowest BCUT2D eigenvalue weighted by atomic mass is 10.1. The molecule has 0 aliphatic carbocycles. The molecule has 1 N–H and O–H groups in total. The number of hydrogen-bond donors (Lipinski definition) is 1. The number of rotatable bonds is 5. The first-order valence-corrected chi connectivity index (χ1v) is 5.16. The molecule has 0 saturated heterocycles. The lowest BCUT2D eigenvalue weighted by Crippen LogP contribution is -2.17. The molecule has 0 saturated carbocycles. The number of carbonyl (C=O) groups excluding carboxylic acids is 1. The van der Waals surface area contributed by atoms with Crippen molar-refractivity contribution in [2.75, 3.05) is 18.5 Å². The van der Waals surface area contributed by atoms with Crippen LogP contribution in [0.15, 0.2) is 18.2 Å². The summed E-state index contributed by atoms with van der Waals surface area (Å²) < 4.78 is 4.70. The fourth-order valence-electron chi connectivity index (χ4n) is 1.27. The number of nitriles is 1. The highest BCUT2D eigenvalue weighted by Crippen LogP contribution is 2.21. The smallest absolute Gasteiger partial charge is 0.325 e. The first-order valence-electron chi connectivity index (χ1n) is 5.16. The van der Waals surface area contributed by atoms with Gasteiger partial charge in [-0.2, -0.15) is 5.26 Å². The van der Waals surface area contributed by atoms with E-state index < -0.39 is 10.9 Å². The molecule has 0 radical (unpaired) electrons. The van der Waals surface area contributed by atoms with Crippen molar-refractivity contribution in [3.05, 3.63) is 33.9 Å². The van der Waals surface area contributed by atoms with Crippen LogP contribution in [-0.2, 0) is 9.53 Å². The molecule has 0 fully saturated rings.